The SMILES string of the molecule is OB(O)c1c(F)cc(C(F)(F)F)cc1F. The van der Waals surface area contributed by atoms with Crippen LogP contribution >= 0.6 is 0 Å². The Morgan fingerprint density at radius 3 is 1.67 bits per heavy atom. The third-order valence-corrected chi connectivity index (χ3v) is 1.66. The molecule has 0 saturated heterocycles. The average Bonchev–Trinajstić information content (AvgIpc) is 1.99. The van der Waals surface area contributed by atoms with Crippen molar-refractivity contribution in [3.8, 4) is 0 Å². The zero-order valence-electron chi connectivity index (χ0n) is 7.02. The first-order valence-electron chi connectivity index (χ1n) is 3.65. The Morgan fingerprint density at radius 1 is 1.00 bits per heavy atom. The summed E-state index contributed by atoms with van der Waals surface area (Å²) in [4.78, 5) is 0. The van der Waals surface area contributed by atoms with E-state index >= 15 is 0 Å². The normalized spacial score (nSPS) is 11.7. The van der Waals surface area contributed by atoms with Crippen LogP contribution in [0.15, 0.2) is 12.1 Å². The molecule has 8 heteroatoms. The van der Waals surface area contributed by atoms with E-state index in [9.17, 15) is 22.0 Å². The standard InChI is InChI=1S/C7H4BF5O2/c9-4-1-3(7(11,12)13)2-5(10)6(4)8(14)15/h1-2,14-15H. The molecule has 0 radical (unpaired) electrons. The first kappa shape index (κ1) is 11.9. The minimum absolute atomic E-state index is 0.00213. The minimum atomic E-state index is -4.89. The van der Waals surface area contributed by atoms with Crippen molar-refractivity contribution in [3.05, 3.63) is 29.3 Å². The van der Waals surface area contributed by atoms with Crippen LogP contribution in [-0.2, 0) is 6.18 Å². The highest BCUT2D eigenvalue weighted by molar-refractivity contribution is 6.58. The van der Waals surface area contributed by atoms with Gasteiger partial charge in [-0.2, -0.15) is 13.2 Å². The van der Waals surface area contributed by atoms with Crippen LogP contribution in [0.25, 0.3) is 0 Å². The Kier molecular flexibility index (Phi) is 3.01. The molecule has 0 aliphatic heterocycles. The van der Waals surface area contributed by atoms with Crippen LogP contribution < -0.4 is 5.46 Å². The van der Waals surface area contributed by atoms with Gasteiger partial charge >= 0.3 is 13.3 Å². The fourth-order valence-corrected chi connectivity index (χ4v) is 0.995. The summed E-state index contributed by atoms with van der Waals surface area (Å²) in [7, 11) is -2.49. The summed E-state index contributed by atoms with van der Waals surface area (Å²) in [6.07, 6.45) is -4.89. The van der Waals surface area contributed by atoms with E-state index in [1.165, 1.54) is 0 Å². The highest BCUT2D eigenvalue weighted by Crippen LogP contribution is 2.29. The molecule has 2 N–H and O–H groups in total. The molecule has 0 heterocycles. The van der Waals surface area contributed by atoms with Gasteiger partial charge in [-0.25, -0.2) is 8.78 Å². The van der Waals surface area contributed by atoms with Gasteiger partial charge in [-0.05, 0) is 12.1 Å². The molecule has 0 aliphatic carbocycles. The van der Waals surface area contributed by atoms with Gasteiger partial charge in [0.05, 0.1) is 11.0 Å². The van der Waals surface area contributed by atoms with E-state index in [0.29, 0.717) is 0 Å². The summed E-state index contributed by atoms with van der Waals surface area (Å²) in [5.41, 5.74) is -2.73. The highest BCUT2D eigenvalue weighted by Gasteiger charge is 2.34. The summed E-state index contributed by atoms with van der Waals surface area (Å²) in [6.45, 7) is 0. The van der Waals surface area contributed by atoms with Crippen molar-refractivity contribution in [3.63, 3.8) is 0 Å². The number of rotatable bonds is 1. The van der Waals surface area contributed by atoms with Crippen molar-refractivity contribution < 1.29 is 32.0 Å². The summed E-state index contributed by atoms with van der Waals surface area (Å²) in [6, 6.07) is -0.00426. The van der Waals surface area contributed by atoms with E-state index in [2.05, 4.69) is 0 Å². The molecule has 0 aliphatic rings. The maximum absolute atomic E-state index is 12.8. The molecule has 0 spiro atoms. The lowest BCUT2D eigenvalue weighted by molar-refractivity contribution is -0.137. The van der Waals surface area contributed by atoms with Gasteiger partial charge in [0, 0.05) is 0 Å². The van der Waals surface area contributed by atoms with Gasteiger partial charge in [-0.15, -0.1) is 0 Å². The van der Waals surface area contributed by atoms with Crippen molar-refractivity contribution in [1.82, 2.24) is 0 Å². The lowest BCUT2D eigenvalue weighted by Gasteiger charge is -2.09. The number of benzene rings is 1. The molecule has 1 rings (SSSR count). The Hall–Kier alpha value is -1.15. The van der Waals surface area contributed by atoms with Crippen LogP contribution in [0.2, 0.25) is 0 Å². The van der Waals surface area contributed by atoms with Crippen LogP contribution in [0.1, 0.15) is 5.56 Å². The second-order valence-corrected chi connectivity index (χ2v) is 2.72. The Balaban J connectivity index is 3.32. The molecule has 0 atom stereocenters. The van der Waals surface area contributed by atoms with E-state index in [-0.39, 0.29) is 12.1 Å². The van der Waals surface area contributed by atoms with Crippen LogP contribution in [0.5, 0.6) is 0 Å². The molecule has 0 unspecified atom stereocenters. The fourth-order valence-electron chi connectivity index (χ4n) is 0.995. The topological polar surface area (TPSA) is 40.5 Å². The molecule has 1 aromatic carbocycles. The zero-order valence-corrected chi connectivity index (χ0v) is 7.02. The van der Waals surface area contributed by atoms with E-state index < -0.39 is 36.0 Å². The second-order valence-electron chi connectivity index (χ2n) is 2.72. The number of alkyl halides is 3. The van der Waals surface area contributed by atoms with Crippen molar-refractivity contribution in [1.29, 1.82) is 0 Å². The summed E-state index contributed by atoms with van der Waals surface area (Å²) >= 11 is 0. The van der Waals surface area contributed by atoms with Crippen LogP contribution in [0.3, 0.4) is 0 Å². The summed E-state index contributed by atoms with van der Waals surface area (Å²) in [5, 5.41) is 16.9. The van der Waals surface area contributed by atoms with E-state index in [1.54, 1.807) is 0 Å². The van der Waals surface area contributed by atoms with Crippen LogP contribution in [-0.4, -0.2) is 17.2 Å². The van der Waals surface area contributed by atoms with E-state index in [0.717, 1.165) is 0 Å². The van der Waals surface area contributed by atoms with Crippen molar-refractivity contribution in [2.24, 2.45) is 0 Å². The molecule has 0 fully saturated rings. The van der Waals surface area contributed by atoms with Crippen molar-refractivity contribution in [2.75, 3.05) is 0 Å². The highest BCUT2D eigenvalue weighted by atomic mass is 19.4. The van der Waals surface area contributed by atoms with Crippen LogP contribution in [0, 0.1) is 11.6 Å². The summed E-state index contributed by atoms with van der Waals surface area (Å²) in [5.74, 6) is -3.31. The van der Waals surface area contributed by atoms with Gasteiger partial charge in [-0.1, -0.05) is 0 Å². The smallest absolute Gasteiger partial charge is 0.423 e. The molecule has 1 aromatic rings. The summed E-state index contributed by atoms with van der Waals surface area (Å²) < 4.78 is 61.7. The second kappa shape index (κ2) is 3.78. The monoisotopic (exact) mass is 226 g/mol. The minimum Gasteiger partial charge on any atom is -0.423 e. The molecular formula is C7H4BF5O2. The fraction of sp³-hybridized carbons (Fsp3) is 0.143. The molecule has 0 aromatic heterocycles. The van der Waals surface area contributed by atoms with Crippen molar-refractivity contribution in [2.45, 2.75) is 6.18 Å². The van der Waals surface area contributed by atoms with Gasteiger partial charge in [0.1, 0.15) is 11.6 Å². The van der Waals surface area contributed by atoms with E-state index in [1.807, 2.05) is 0 Å². The van der Waals surface area contributed by atoms with Gasteiger partial charge in [0.2, 0.25) is 0 Å². The maximum Gasteiger partial charge on any atom is 0.494 e. The maximum atomic E-state index is 12.8. The Labute approximate surface area is 81.1 Å². The number of hydrogen-bond donors (Lipinski definition) is 2. The third-order valence-electron chi connectivity index (χ3n) is 1.66. The molecule has 0 saturated carbocycles. The molecule has 15 heavy (non-hydrogen) atoms. The predicted octanol–water partition coefficient (Wildman–Crippen LogP) is 0.663. The molecule has 0 amide bonds. The first-order chi connectivity index (χ1) is 6.73. The first-order valence-corrected chi connectivity index (χ1v) is 3.65. The third kappa shape index (κ3) is 2.45. The Morgan fingerprint density at radius 2 is 1.40 bits per heavy atom. The Bertz CT molecular complexity index is 353. The van der Waals surface area contributed by atoms with Crippen LogP contribution in [0.4, 0.5) is 22.0 Å². The van der Waals surface area contributed by atoms with E-state index in [4.69, 9.17) is 10.0 Å². The van der Waals surface area contributed by atoms with Gasteiger partial charge in [0.15, 0.2) is 0 Å². The van der Waals surface area contributed by atoms with Gasteiger partial charge in [-0.3, -0.25) is 0 Å². The average molecular weight is 226 g/mol. The molecule has 0 bridgehead atoms. The largest absolute Gasteiger partial charge is 0.494 e. The van der Waals surface area contributed by atoms with Gasteiger partial charge < -0.3 is 10.0 Å². The lowest BCUT2D eigenvalue weighted by atomic mass is 9.79. The lowest BCUT2D eigenvalue weighted by Crippen LogP contribution is -2.36. The predicted molar refractivity (Wildman–Crippen MR) is 41.2 cm³/mol. The quantitative estimate of drug-likeness (QED) is 0.545. The van der Waals surface area contributed by atoms with Crippen molar-refractivity contribution >= 4 is 12.6 Å². The number of hydrogen-bond acceptors (Lipinski definition) is 2. The molecular weight excluding hydrogens is 222 g/mol. The number of halogens is 5. The molecule has 82 valence electrons. The molecule has 2 nitrogen and oxygen atoms in total. The zero-order chi connectivity index (χ0) is 11.8. The van der Waals surface area contributed by atoms with Gasteiger partial charge in [0.25, 0.3) is 0 Å².